The number of hydrogen-bond donors (Lipinski definition) is 1. The smallest absolute Gasteiger partial charge is 0.221 e. The molecule has 0 aromatic carbocycles. The van der Waals surface area contributed by atoms with Crippen LogP contribution in [0.1, 0.15) is 6.42 Å². The highest BCUT2D eigenvalue weighted by atomic mass is 32.2. The molecule has 0 atom stereocenters. The molecule has 4 nitrogen and oxygen atoms in total. The van der Waals surface area contributed by atoms with E-state index < -0.39 is 9.84 Å². The molecule has 1 heterocycles. The molecule has 13 heavy (non-hydrogen) atoms. The maximum absolute atomic E-state index is 11.2. The molecule has 0 aliphatic carbocycles. The predicted molar refractivity (Wildman–Crippen MR) is 53.6 cm³/mol. The van der Waals surface area contributed by atoms with Crippen LogP contribution in [0.2, 0.25) is 0 Å². The lowest BCUT2D eigenvalue weighted by molar-refractivity contribution is -0.120. The van der Waals surface area contributed by atoms with Crippen molar-refractivity contribution in [2.75, 3.05) is 29.6 Å². The molecule has 0 spiro atoms. The zero-order valence-corrected chi connectivity index (χ0v) is 8.92. The quantitative estimate of drug-likeness (QED) is 0.610. The average Bonchev–Trinajstić information content (AvgIpc) is 2.07. The summed E-state index contributed by atoms with van der Waals surface area (Å²) in [5, 5.41) is 2.67. The van der Waals surface area contributed by atoms with E-state index in [4.69, 9.17) is 0 Å². The molecule has 1 aliphatic heterocycles. The summed E-state index contributed by atoms with van der Waals surface area (Å²) < 4.78 is 22.5. The fourth-order valence-corrected chi connectivity index (χ4v) is 3.63. The third kappa shape index (κ3) is 4.52. The third-order valence-electron chi connectivity index (χ3n) is 1.75. The summed E-state index contributed by atoms with van der Waals surface area (Å²) in [5.41, 5.74) is 0. The van der Waals surface area contributed by atoms with Crippen LogP contribution in [0.3, 0.4) is 0 Å². The van der Waals surface area contributed by atoms with Crippen molar-refractivity contribution in [2.45, 2.75) is 6.42 Å². The molecule has 6 heteroatoms. The largest absolute Gasteiger partial charge is 0.355 e. The van der Waals surface area contributed by atoms with Gasteiger partial charge in [0.25, 0.3) is 0 Å². The fourth-order valence-electron chi connectivity index (χ4n) is 0.989. The Morgan fingerprint density at radius 1 is 1.23 bits per heavy atom. The van der Waals surface area contributed by atoms with E-state index in [9.17, 15) is 13.2 Å². The normalized spacial score (nSPS) is 24.8. The second-order valence-electron chi connectivity index (χ2n) is 2.86. The summed E-state index contributed by atoms with van der Waals surface area (Å²) in [5.74, 6) is 1.45. The lowest BCUT2D eigenvalue weighted by atomic mass is 10.4. The van der Waals surface area contributed by atoms with Crippen molar-refractivity contribution >= 4 is 27.5 Å². The Bertz CT molecular complexity index is 273. The maximum atomic E-state index is 11.2. The average molecular weight is 223 g/mol. The van der Waals surface area contributed by atoms with Crippen molar-refractivity contribution in [3.8, 4) is 0 Å². The molecule has 76 valence electrons. The molecule has 0 aromatic rings. The molecule has 1 fully saturated rings. The molecule has 1 amide bonds. The van der Waals surface area contributed by atoms with Gasteiger partial charge < -0.3 is 5.32 Å². The number of nitrogens with one attached hydrogen (secondary N) is 1. The van der Waals surface area contributed by atoms with Gasteiger partial charge in [-0.2, -0.15) is 11.8 Å². The number of carbonyl (C=O) groups excluding carboxylic acids is 1. The molecule has 0 saturated carbocycles. The van der Waals surface area contributed by atoms with Gasteiger partial charge in [-0.25, -0.2) is 8.42 Å². The molecule has 1 saturated heterocycles. The summed E-state index contributed by atoms with van der Waals surface area (Å²) in [6.07, 6.45) is 0.104. The monoisotopic (exact) mass is 223 g/mol. The van der Waals surface area contributed by atoms with Gasteiger partial charge in [-0.3, -0.25) is 4.79 Å². The van der Waals surface area contributed by atoms with Crippen molar-refractivity contribution in [1.82, 2.24) is 5.32 Å². The molecular formula is C7H13NO3S2. The van der Waals surface area contributed by atoms with Crippen molar-refractivity contribution in [2.24, 2.45) is 0 Å². The van der Waals surface area contributed by atoms with Crippen LogP contribution in [0.25, 0.3) is 0 Å². The van der Waals surface area contributed by atoms with Crippen LogP contribution in [-0.2, 0) is 14.6 Å². The van der Waals surface area contributed by atoms with E-state index >= 15 is 0 Å². The van der Waals surface area contributed by atoms with Crippen molar-refractivity contribution in [1.29, 1.82) is 0 Å². The first-order valence-corrected chi connectivity index (χ1v) is 7.13. The first-order chi connectivity index (χ1) is 6.10. The van der Waals surface area contributed by atoms with Gasteiger partial charge in [0.05, 0.1) is 11.5 Å². The van der Waals surface area contributed by atoms with Gasteiger partial charge in [0.1, 0.15) is 0 Å². The molecule has 0 bridgehead atoms. The minimum Gasteiger partial charge on any atom is -0.355 e. The predicted octanol–water partition coefficient (Wildman–Crippen LogP) is -0.346. The minimum atomic E-state index is -3.00. The Balaban J connectivity index is 2.51. The highest BCUT2D eigenvalue weighted by Gasteiger charge is 2.14. The maximum Gasteiger partial charge on any atom is 0.221 e. The van der Waals surface area contributed by atoms with Crippen LogP contribution < -0.4 is 5.32 Å². The number of thioether (sulfide) groups is 1. The van der Waals surface area contributed by atoms with Gasteiger partial charge in [-0.05, 0) is 0 Å². The summed E-state index contributed by atoms with van der Waals surface area (Å²) in [7, 11) is -3.00. The molecule has 0 radical (unpaired) electrons. The van der Waals surface area contributed by atoms with Crippen LogP contribution in [0, 0.1) is 0 Å². The van der Waals surface area contributed by atoms with E-state index in [0.29, 0.717) is 12.3 Å². The van der Waals surface area contributed by atoms with E-state index in [2.05, 4.69) is 5.32 Å². The molecule has 1 rings (SSSR count). The van der Waals surface area contributed by atoms with Crippen molar-refractivity contribution < 1.29 is 13.2 Å². The molecular weight excluding hydrogens is 210 g/mol. The van der Waals surface area contributed by atoms with Crippen molar-refractivity contribution in [3.63, 3.8) is 0 Å². The van der Waals surface area contributed by atoms with Crippen LogP contribution >= 0.6 is 11.8 Å². The summed E-state index contributed by atoms with van der Waals surface area (Å²) in [6.45, 7) is 0.642. The van der Waals surface area contributed by atoms with Crippen LogP contribution in [-0.4, -0.2) is 43.9 Å². The fraction of sp³-hybridized carbons (Fsp3) is 0.857. The van der Waals surface area contributed by atoms with Gasteiger partial charge in [0.2, 0.25) is 5.91 Å². The van der Waals surface area contributed by atoms with Gasteiger partial charge in [-0.15, -0.1) is 0 Å². The van der Waals surface area contributed by atoms with Gasteiger partial charge in [0.15, 0.2) is 9.84 Å². The lowest BCUT2D eigenvalue weighted by Gasteiger charge is -2.09. The zero-order valence-electron chi connectivity index (χ0n) is 7.28. The standard InChI is InChI=1S/C7H13NO3S2/c9-7-1-5-13(10,11)6-4-12-3-2-8-7/h1-6H2,(H,8,9). The topological polar surface area (TPSA) is 63.2 Å². The minimum absolute atomic E-state index is 0.0145. The molecule has 0 unspecified atom stereocenters. The van der Waals surface area contributed by atoms with Crippen LogP contribution in [0.4, 0.5) is 0 Å². The Morgan fingerprint density at radius 2 is 2.00 bits per heavy atom. The third-order valence-corrected chi connectivity index (χ3v) is 4.64. The Hall–Kier alpha value is -0.230. The molecule has 1 aliphatic rings. The number of hydrogen-bond acceptors (Lipinski definition) is 4. The number of carbonyl (C=O) groups is 1. The number of amides is 1. The number of sulfone groups is 1. The zero-order chi connectivity index (χ0) is 9.73. The second-order valence-corrected chi connectivity index (χ2v) is 6.39. The summed E-state index contributed by atoms with van der Waals surface area (Å²) in [6, 6.07) is 0. The highest BCUT2D eigenvalue weighted by Crippen LogP contribution is 2.04. The van der Waals surface area contributed by atoms with E-state index in [1.54, 1.807) is 11.8 Å². The SMILES string of the molecule is O=C1CCS(=O)(=O)CCSCCN1. The summed E-state index contributed by atoms with van der Waals surface area (Å²) in [4.78, 5) is 11.0. The second kappa shape index (κ2) is 4.85. The van der Waals surface area contributed by atoms with E-state index in [-0.39, 0.29) is 23.8 Å². The number of rotatable bonds is 0. The van der Waals surface area contributed by atoms with E-state index in [1.165, 1.54) is 0 Å². The Labute approximate surface area is 82.4 Å². The van der Waals surface area contributed by atoms with Crippen molar-refractivity contribution in [3.05, 3.63) is 0 Å². The Morgan fingerprint density at radius 3 is 2.77 bits per heavy atom. The van der Waals surface area contributed by atoms with Crippen LogP contribution in [0.15, 0.2) is 0 Å². The molecule has 0 aromatic heterocycles. The van der Waals surface area contributed by atoms with Gasteiger partial charge >= 0.3 is 0 Å². The first kappa shape index (κ1) is 10.8. The van der Waals surface area contributed by atoms with Gasteiger partial charge in [-0.1, -0.05) is 0 Å². The molecule has 1 N–H and O–H groups in total. The Kier molecular flexibility index (Phi) is 4.05. The first-order valence-electron chi connectivity index (χ1n) is 4.15. The van der Waals surface area contributed by atoms with Gasteiger partial charge in [0, 0.05) is 24.5 Å². The van der Waals surface area contributed by atoms with E-state index in [0.717, 1.165) is 5.75 Å². The summed E-state index contributed by atoms with van der Waals surface area (Å²) >= 11 is 1.56. The van der Waals surface area contributed by atoms with Crippen LogP contribution in [0.5, 0.6) is 0 Å². The lowest BCUT2D eigenvalue weighted by Crippen LogP contribution is -2.29. The highest BCUT2D eigenvalue weighted by molar-refractivity contribution is 8.00. The van der Waals surface area contributed by atoms with E-state index in [1.807, 2.05) is 0 Å².